The molecule has 1 fully saturated rings. The molecule has 3 N–H and O–H groups in total. The molecule has 0 unspecified atom stereocenters. The van der Waals surface area contributed by atoms with E-state index in [1.54, 1.807) is 6.20 Å². The third-order valence-corrected chi connectivity index (χ3v) is 4.78. The molecule has 2 aromatic heterocycles. The van der Waals surface area contributed by atoms with Crippen LogP contribution >= 0.6 is 0 Å². The van der Waals surface area contributed by atoms with Crippen molar-refractivity contribution in [3.05, 3.63) is 35.8 Å². The number of hydrogen-bond acceptors (Lipinski definition) is 7. The summed E-state index contributed by atoms with van der Waals surface area (Å²) in [5.41, 5.74) is 9.18. The molecule has 4 rings (SSSR count). The summed E-state index contributed by atoms with van der Waals surface area (Å²) in [6.07, 6.45) is 5.52. The molecule has 132 valence electrons. The molecule has 1 atom stereocenters. The van der Waals surface area contributed by atoms with E-state index in [2.05, 4.69) is 15.2 Å². The van der Waals surface area contributed by atoms with Gasteiger partial charge in [-0.15, -0.1) is 0 Å². The number of rotatable bonds is 3. The predicted molar refractivity (Wildman–Crippen MR) is 96.5 cm³/mol. The molecule has 0 amide bonds. The van der Waals surface area contributed by atoms with E-state index < -0.39 is 0 Å². The van der Waals surface area contributed by atoms with Crippen LogP contribution < -0.4 is 16.0 Å². The minimum absolute atomic E-state index is 0.0603. The second kappa shape index (κ2) is 7.43. The van der Waals surface area contributed by atoms with Crippen LogP contribution in [0.2, 0.25) is 0 Å². The second-order valence-electron chi connectivity index (χ2n) is 6.46. The van der Waals surface area contributed by atoms with Crippen molar-refractivity contribution in [2.24, 2.45) is 5.73 Å². The van der Waals surface area contributed by atoms with Gasteiger partial charge in [0.2, 0.25) is 0 Å². The highest BCUT2D eigenvalue weighted by molar-refractivity contribution is 5.60. The summed E-state index contributed by atoms with van der Waals surface area (Å²) in [5.74, 6) is 1.79. The Hall–Kier alpha value is -2.09. The molecule has 0 aromatic carbocycles. The Bertz CT molecular complexity index is 723. The molecular formula is C18H24N6O. The fraction of sp³-hybridized carbons (Fsp3) is 0.500. The van der Waals surface area contributed by atoms with Crippen LogP contribution in [-0.4, -0.2) is 60.4 Å². The van der Waals surface area contributed by atoms with E-state index in [1.807, 2.05) is 18.3 Å². The number of aromatic nitrogens is 3. The fourth-order valence-corrected chi connectivity index (χ4v) is 3.47. The lowest BCUT2D eigenvalue weighted by Gasteiger charge is -2.34. The van der Waals surface area contributed by atoms with E-state index in [-0.39, 0.29) is 6.10 Å². The van der Waals surface area contributed by atoms with Gasteiger partial charge in [0.25, 0.3) is 0 Å². The molecule has 0 aliphatic carbocycles. The molecule has 0 radical (unpaired) electrons. The number of hydrogen-bond donors (Lipinski definition) is 2. The first-order chi connectivity index (χ1) is 12.3. The maximum Gasteiger partial charge on any atom is 0.163 e. The van der Waals surface area contributed by atoms with E-state index in [1.165, 1.54) is 5.56 Å². The number of nitrogens with two attached hydrogens (primary N) is 1. The lowest BCUT2D eigenvalue weighted by molar-refractivity contribution is 0.0462. The van der Waals surface area contributed by atoms with Gasteiger partial charge in [0.15, 0.2) is 5.82 Å². The SMILES string of the molecule is NC[C@@H]1CN(c2nc(-c3cccnc3)nc3c2CCNCC3)CCO1. The van der Waals surface area contributed by atoms with Crippen molar-refractivity contribution in [1.82, 2.24) is 20.3 Å². The number of anilines is 1. The van der Waals surface area contributed by atoms with Crippen molar-refractivity contribution in [1.29, 1.82) is 0 Å². The number of morpholine rings is 1. The van der Waals surface area contributed by atoms with E-state index in [9.17, 15) is 0 Å². The molecule has 2 aliphatic heterocycles. The quantitative estimate of drug-likeness (QED) is 0.835. The summed E-state index contributed by atoms with van der Waals surface area (Å²) in [4.78, 5) is 16.3. The standard InChI is InChI=1S/C18H24N6O/c19-10-14-12-24(8-9-25-14)18-15-3-6-20-7-4-16(15)22-17(23-18)13-2-1-5-21-11-13/h1-2,5,11,14,20H,3-4,6-10,12,19H2/t14-/m1/s1. The van der Waals surface area contributed by atoms with Gasteiger partial charge in [0.1, 0.15) is 5.82 Å². The van der Waals surface area contributed by atoms with E-state index in [0.717, 1.165) is 61.9 Å². The normalized spacial score (nSPS) is 20.8. The Morgan fingerprint density at radius 2 is 2.20 bits per heavy atom. The Balaban J connectivity index is 1.78. The van der Waals surface area contributed by atoms with Gasteiger partial charge in [-0.1, -0.05) is 0 Å². The van der Waals surface area contributed by atoms with Crippen LogP contribution in [0.1, 0.15) is 11.3 Å². The van der Waals surface area contributed by atoms with Gasteiger partial charge < -0.3 is 20.7 Å². The molecule has 4 heterocycles. The van der Waals surface area contributed by atoms with Gasteiger partial charge in [-0.25, -0.2) is 9.97 Å². The highest BCUT2D eigenvalue weighted by atomic mass is 16.5. The van der Waals surface area contributed by atoms with E-state index in [4.69, 9.17) is 20.4 Å². The number of nitrogens with zero attached hydrogens (tertiary/aromatic N) is 4. The first-order valence-electron chi connectivity index (χ1n) is 8.92. The van der Waals surface area contributed by atoms with Gasteiger partial charge in [0.05, 0.1) is 18.4 Å². The first-order valence-corrected chi connectivity index (χ1v) is 8.92. The largest absolute Gasteiger partial charge is 0.373 e. The zero-order valence-electron chi connectivity index (χ0n) is 14.3. The number of pyridine rings is 1. The smallest absolute Gasteiger partial charge is 0.163 e. The Morgan fingerprint density at radius 1 is 1.28 bits per heavy atom. The zero-order valence-corrected chi connectivity index (χ0v) is 14.3. The molecule has 0 bridgehead atoms. The Morgan fingerprint density at radius 3 is 3.04 bits per heavy atom. The van der Waals surface area contributed by atoms with Gasteiger partial charge >= 0.3 is 0 Å². The van der Waals surface area contributed by atoms with Crippen LogP contribution in [0, 0.1) is 0 Å². The van der Waals surface area contributed by atoms with E-state index >= 15 is 0 Å². The Labute approximate surface area is 147 Å². The molecule has 7 nitrogen and oxygen atoms in total. The van der Waals surface area contributed by atoms with Crippen LogP contribution in [0.5, 0.6) is 0 Å². The average molecular weight is 340 g/mol. The zero-order chi connectivity index (χ0) is 17.1. The molecule has 1 saturated heterocycles. The summed E-state index contributed by atoms with van der Waals surface area (Å²) in [7, 11) is 0. The lowest BCUT2D eigenvalue weighted by atomic mass is 10.1. The van der Waals surface area contributed by atoms with Crippen molar-refractivity contribution in [3.8, 4) is 11.4 Å². The molecule has 25 heavy (non-hydrogen) atoms. The van der Waals surface area contributed by atoms with Gasteiger partial charge in [0, 0.05) is 56.1 Å². The summed E-state index contributed by atoms with van der Waals surface area (Å²) >= 11 is 0. The molecule has 0 saturated carbocycles. The summed E-state index contributed by atoms with van der Waals surface area (Å²) in [6, 6.07) is 3.93. The molecule has 0 spiro atoms. The Kier molecular flexibility index (Phi) is 4.87. The molecule has 2 aliphatic rings. The van der Waals surface area contributed by atoms with Crippen LogP contribution in [0.3, 0.4) is 0 Å². The first kappa shape index (κ1) is 16.4. The van der Waals surface area contributed by atoms with Crippen LogP contribution in [0.4, 0.5) is 5.82 Å². The number of ether oxygens (including phenoxy) is 1. The van der Waals surface area contributed by atoms with E-state index in [0.29, 0.717) is 13.2 Å². The molecular weight excluding hydrogens is 316 g/mol. The summed E-state index contributed by atoms with van der Waals surface area (Å²) in [6.45, 7) is 4.73. The number of fused-ring (bicyclic) bond motifs is 1. The van der Waals surface area contributed by atoms with Crippen LogP contribution in [0.25, 0.3) is 11.4 Å². The minimum Gasteiger partial charge on any atom is -0.373 e. The molecule has 2 aromatic rings. The average Bonchev–Trinajstić information content (AvgIpc) is 2.93. The van der Waals surface area contributed by atoms with Crippen LogP contribution in [0.15, 0.2) is 24.5 Å². The highest BCUT2D eigenvalue weighted by Gasteiger charge is 2.26. The maximum absolute atomic E-state index is 5.82. The summed E-state index contributed by atoms with van der Waals surface area (Å²) in [5, 5.41) is 3.46. The van der Waals surface area contributed by atoms with Crippen molar-refractivity contribution in [2.75, 3.05) is 44.2 Å². The highest BCUT2D eigenvalue weighted by Crippen LogP contribution is 2.28. The van der Waals surface area contributed by atoms with Crippen molar-refractivity contribution in [2.45, 2.75) is 18.9 Å². The third kappa shape index (κ3) is 3.49. The van der Waals surface area contributed by atoms with Gasteiger partial charge in [-0.3, -0.25) is 4.98 Å². The maximum atomic E-state index is 5.82. The minimum atomic E-state index is 0.0603. The summed E-state index contributed by atoms with van der Waals surface area (Å²) < 4.78 is 5.73. The van der Waals surface area contributed by atoms with Gasteiger partial charge in [-0.2, -0.15) is 0 Å². The second-order valence-corrected chi connectivity index (χ2v) is 6.46. The van der Waals surface area contributed by atoms with Crippen LogP contribution in [-0.2, 0) is 17.6 Å². The van der Waals surface area contributed by atoms with Crippen molar-refractivity contribution < 1.29 is 4.74 Å². The fourth-order valence-electron chi connectivity index (χ4n) is 3.47. The lowest BCUT2D eigenvalue weighted by Crippen LogP contribution is -2.46. The molecule has 7 heteroatoms. The number of nitrogens with one attached hydrogen (secondary N) is 1. The van der Waals surface area contributed by atoms with Crippen molar-refractivity contribution >= 4 is 5.82 Å². The van der Waals surface area contributed by atoms with Crippen molar-refractivity contribution in [3.63, 3.8) is 0 Å². The monoisotopic (exact) mass is 340 g/mol. The predicted octanol–water partition coefficient (Wildman–Crippen LogP) is 0.391. The van der Waals surface area contributed by atoms with Gasteiger partial charge in [-0.05, 0) is 25.1 Å². The third-order valence-electron chi connectivity index (χ3n) is 4.78. The topological polar surface area (TPSA) is 89.2 Å².